The molecule has 1 saturated carbocycles. The Morgan fingerprint density at radius 1 is 1.39 bits per heavy atom. The van der Waals surface area contributed by atoms with Crippen molar-refractivity contribution in [3.63, 3.8) is 0 Å². The Labute approximate surface area is 118 Å². The van der Waals surface area contributed by atoms with Crippen LogP contribution in [0.2, 0.25) is 0 Å². The Bertz CT molecular complexity index is 300. The average molecular weight is 318 g/mol. The van der Waals surface area contributed by atoms with Gasteiger partial charge in [0.05, 0.1) is 18.6 Å². The number of ether oxygens (including phenoxy) is 1. The number of nitrogens with one attached hydrogen (secondary N) is 1. The molecule has 4 heteroatoms. The molecule has 0 bridgehead atoms. The molecule has 2 rings (SSSR count). The molecule has 18 heavy (non-hydrogen) atoms. The minimum atomic E-state index is -0.0184. The number of hydrogen-bond donors (Lipinski definition) is 1. The molecular weight excluding hydrogens is 294 g/mol. The van der Waals surface area contributed by atoms with Gasteiger partial charge in [-0.15, -0.1) is 0 Å². The van der Waals surface area contributed by atoms with Gasteiger partial charge in [-0.3, -0.25) is 4.79 Å². The Morgan fingerprint density at radius 3 is 2.56 bits per heavy atom. The van der Waals surface area contributed by atoms with E-state index in [2.05, 4.69) is 28.2 Å². The van der Waals surface area contributed by atoms with E-state index in [0.717, 1.165) is 30.5 Å². The Kier molecular flexibility index (Phi) is 4.70. The van der Waals surface area contributed by atoms with Gasteiger partial charge < -0.3 is 10.1 Å². The average Bonchev–Trinajstić information content (AvgIpc) is 2.79. The highest BCUT2D eigenvalue weighted by Gasteiger charge is 2.37. The molecule has 0 aromatic heterocycles. The molecule has 2 atom stereocenters. The Balaban J connectivity index is 1.91. The summed E-state index contributed by atoms with van der Waals surface area (Å²) in [6, 6.07) is 0. The van der Waals surface area contributed by atoms with Crippen molar-refractivity contribution in [1.82, 2.24) is 5.32 Å². The van der Waals surface area contributed by atoms with E-state index in [1.807, 2.05) is 6.92 Å². The minimum absolute atomic E-state index is 0.0184. The van der Waals surface area contributed by atoms with Crippen LogP contribution in [0.15, 0.2) is 0 Å². The molecule has 1 saturated heterocycles. The van der Waals surface area contributed by atoms with E-state index in [9.17, 15) is 4.79 Å². The number of alkyl halides is 1. The van der Waals surface area contributed by atoms with Gasteiger partial charge in [-0.1, -0.05) is 22.9 Å². The number of halogens is 1. The number of carbonyl (C=O) groups is 1. The predicted molar refractivity (Wildman–Crippen MR) is 75.8 cm³/mol. The maximum Gasteiger partial charge on any atom is 0.225 e. The molecule has 1 amide bonds. The van der Waals surface area contributed by atoms with Crippen LogP contribution in [0.1, 0.15) is 46.0 Å². The van der Waals surface area contributed by atoms with Crippen LogP contribution < -0.4 is 5.32 Å². The second-order valence-corrected chi connectivity index (χ2v) is 6.72. The van der Waals surface area contributed by atoms with Gasteiger partial charge in [0.1, 0.15) is 0 Å². The van der Waals surface area contributed by atoms with Crippen molar-refractivity contribution in [3.8, 4) is 0 Å². The van der Waals surface area contributed by atoms with Crippen LogP contribution in [-0.2, 0) is 9.53 Å². The van der Waals surface area contributed by atoms with Gasteiger partial charge in [-0.2, -0.15) is 0 Å². The fraction of sp³-hybridized carbons (Fsp3) is 0.929. The zero-order valence-electron chi connectivity index (χ0n) is 11.4. The molecule has 0 aromatic carbocycles. The van der Waals surface area contributed by atoms with Crippen molar-refractivity contribution >= 4 is 21.8 Å². The monoisotopic (exact) mass is 317 g/mol. The highest BCUT2D eigenvalue weighted by molar-refractivity contribution is 9.09. The van der Waals surface area contributed by atoms with Gasteiger partial charge in [-0.05, 0) is 44.9 Å². The normalized spacial score (nSPS) is 40.7. The molecule has 3 nitrogen and oxygen atoms in total. The Hall–Kier alpha value is -0.0900. The van der Waals surface area contributed by atoms with E-state index in [0.29, 0.717) is 6.61 Å². The number of carbonyl (C=O) groups excluding carboxylic acids is 1. The first-order chi connectivity index (χ1) is 8.54. The van der Waals surface area contributed by atoms with Crippen molar-refractivity contribution in [2.45, 2.75) is 57.6 Å². The summed E-state index contributed by atoms with van der Waals surface area (Å²) in [5, 5.41) is 4.16. The lowest BCUT2D eigenvalue weighted by Gasteiger charge is -2.39. The van der Waals surface area contributed by atoms with Gasteiger partial charge in [0.2, 0.25) is 5.91 Å². The van der Waals surface area contributed by atoms with E-state index >= 15 is 0 Å². The highest BCUT2D eigenvalue weighted by atomic mass is 79.9. The first kappa shape index (κ1) is 14.3. The van der Waals surface area contributed by atoms with Gasteiger partial charge in [0.15, 0.2) is 0 Å². The molecular formula is C14H24BrNO2. The van der Waals surface area contributed by atoms with Crippen molar-refractivity contribution in [1.29, 1.82) is 0 Å². The summed E-state index contributed by atoms with van der Waals surface area (Å²) in [5.74, 6) is 1.03. The zero-order valence-corrected chi connectivity index (χ0v) is 13.0. The fourth-order valence-electron chi connectivity index (χ4n) is 2.97. The summed E-state index contributed by atoms with van der Waals surface area (Å²) in [7, 11) is 0. The van der Waals surface area contributed by atoms with Gasteiger partial charge in [-0.25, -0.2) is 0 Å². The molecule has 104 valence electrons. The summed E-state index contributed by atoms with van der Waals surface area (Å²) >= 11 is 3.59. The van der Waals surface area contributed by atoms with Crippen LogP contribution >= 0.6 is 15.9 Å². The summed E-state index contributed by atoms with van der Waals surface area (Å²) < 4.78 is 5.49. The first-order valence-electron chi connectivity index (χ1n) is 7.04. The lowest BCUT2D eigenvalue weighted by Crippen LogP contribution is -2.53. The van der Waals surface area contributed by atoms with Crippen molar-refractivity contribution in [2.24, 2.45) is 11.8 Å². The third kappa shape index (κ3) is 3.27. The van der Waals surface area contributed by atoms with Crippen molar-refractivity contribution in [2.75, 3.05) is 11.9 Å². The van der Waals surface area contributed by atoms with E-state index < -0.39 is 0 Å². The summed E-state index contributed by atoms with van der Waals surface area (Å²) in [6.07, 6.45) is 5.70. The van der Waals surface area contributed by atoms with Crippen LogP contribution in [0.4, 0.5) is 0 Å². The van der Waals surface area contributed by atoms with Crippen LogP contribution in [0.3, 0.4) is 0 Å². The SMILES string of the molecule is CC1CCC(CBr)(NC(=O)C2COC(C)C2)CC1. The minimum Gasteiger partial charge on any atom is -0.378 e. The third-order valence-electron chi connectivity index (χ3n) is 4.44. The molecule has 2 aliphatic rings. The first-order valence-corrected chi connectivity index (χ1v) is 8.16. The maximum absolute atomic E-state index is 12.3. The van der Waals surface area contributed by atoms with Gasteiger partial charge in [0.25, 0.3) is 0 Å². The standard InChI is InChI=1S/C14H24BrNO2/c1-10-3-5-14(9-15,6-4-10)16-13(17)12-7-11(2)18-8-12/h10-12H,3-9H2,1-2H3,(H,16,17). The second-order valence-electron chi connectivity index (χ2n) is 6.16. The fourth-order valence-corrected chi connectivity index (χ4v) is 3.67. The van der Waals surface area contributed by atoms with Crippen LogP contribution in [-0.4, -0.2) is 29.5 Å². The lowest BCUT2D eigenvalue weighted by atomic mass is 9.78. The molecule has 2 fully saturated rings. The van der Waals surface area contributed by atoms with E-state index in [1.54, 1.807) is 0 Å². The van der Waals surface area contributed by atoms with Crippen LogP contribution in [0, 0.1) is 11.8 Å². The van der Waals surface area contributed by atoms with Crippen molar-refractivity contribution in [3.05, 3.63) is 0 Å². The van der Waals surface area contributed by atoms with E-state index in [-0.39, 0.29) is 23.5 Å². The maximum atomic E-state index is 12.3. The molecule has 0 aromatic rings. The Morgan fingerprint density at radius 2 is 2.06 bits per heavy atom. The molecule has 1 aliphatic carbocycles. The molecule has 1 aliphatic heterocycles. The molecule has 2 unspecified atom stereocenters. The zero-order chi connectivity index (χ0) is 13.2. The van der Waals surface area contributed by atoms with E-state index in [1.165, 1.54) is 12.8 Å². The number of amides is 1. The highest BCUT2D eigenvalue weighted by Crippen LogP contribution is 2.34. The number of rotatable bonds is 3. The smallest absolute Gasteiger partial charge is 0.225 e. The largest absolute Gasteiger partial charge is 0.378 e. The van der Waals surface area contributed by atoms with Crippen LogP contribution in [0.25, 0.3) is 0 Å². The van der Waals surface area contributed by atoms with Crippen LogP contribution in [0.5, 0.6) is 0 Å². The van der Waals surface area contributed by atoms with E-state index in [4.69, 9.17) is 4.74 Å². The second kappa shape index (κ2) is 5.91. The summed E-state index contributed by atoms with van der Waals surface area (Å²) in [5.41, 5.74) is -0.0184. The lowest BCUT2D eigenvalue weighted by molar-refractivity contribution is -0.127. The summed E-state index contributed by atoms with van der Waals surface area (Å²) in [6.45, 7) is 4.92. The summed E-state index contributed by atoms with van der Waals surface area (Å²) in [4.78, 5) is 12.3. The predicted octanol–water partition coefficient (Wildman–Crippen LogP) is 2.87. The third-order valence-corrected chi connectivity index (χ3v) is 5.52. The topological polar surface area (TPSA) is 38.3 Å². The molecule has 0 radical (unpaired) electrons. The quantitative estimate of drug-likeness (QED) is 0.813. The molecule has 1 heterocycles. The molecule has 1 N–H and O–H groups in total. The van der Waals surface area contributed by atoms with Gasteiger partial charge >= 0.3 is 0 Å². The molecule has 0 spiro atoms. The van der Waals surface area contributed by atoms with Gasteiger partial charge in [0, 0.05) is 10.9 Å². The van der Waals surface area contributed by atoms with Crippen molar-refractivity contribution < 1.29 is 9.53 Å². The number of hydrogen-bond acceptors (Lipinski definition) is 2.